The number of hydrogen-bond acceptors (Lipinski definition) is 3. The number of hydrogen-bond donors (Lipinski definition) is 1. The van der Waals surface area contributed by atoms with Gasteiger partial charge in [-0.15, -0.1) is 0 Å². The number of nitrogens with one attached hydrogen (secondary N) is 1. The van der Waals surface area contributed by atoms with Gasteiger partial charge >= 0.3 is 12.2 Å². The van der Waals surface area contributed by atoms with Crippen molar-refractivity contribution in [3.8, 4) is 0 Å². The lowest BCUT2D eigenvalue weighted by molar-refractivity contribution is -0.137. The van der Waals surface area contributed by atoms with Crippen LogP contribution in [0.2, 0.25) is 5.02 Å². The van der Waals surface area contributed by atoms with Crippen LogP contribution in [0.25, 0.3) is 10.9 Å². The van der Waals surface area contributed by atoms with Crippen LogP contribution >= 0.6 is 11.6 Å². The zero-order valence-corrected chi connectivity index (χ0v) is 17.8. The van der Waals surface area contributed by atoms with Gasteiger partial charge < -0.3 is 10.2 Å². The molecule has 1 aromatic heterocycles. The summed E-state index contributed by atoms with van der Waals surface area (Å²) in [6.45, 7) is 3.84. The van der Waals surface area contributed by atoms with Crippen LogP contribution in [0.3, 0.4) is 0 Å². The summed E-state index contributed by atoms with van der Waals surface area (Å²) in [4.78, 5) is 31.4. The molecule has 10 heteroatoms. The van der Waals surface area contributed by atoms with E-state index in [0.29, 0.717) is 28.3 Å². The average Bonchev–Trinajstić information content (AvgIpc) is 2.72. The Balaban J connectivity index is 1.87. The maximum Gasteiger partial charge on any atom is 0.416 e. The number of carbonyl (C=O) groups is 1. The number of nitrogens with zero attached hydrogens (tertiary/aromatic N) is 3. The molecule has 164 valence electrons. The smallest absolute Gasteiger partial charge is 0.318 e. The second kappa shape index (κ2) is 8.58. The molecule has 31 heavy (non-hydrogen) atoms. The summed E-state index contributed by atoms with van der Waals surface area (Å²) in [6.07, 6.45) is -4.45. The molecule has 1 heterocycles. The number of carbonyl (C=O) groups excluding carboxylic acids is 1. The molecule has 1 atom stereocenters. The first-order valence-corrected chi connectivity index (χ1v) is 9.81. The Morgan fingerprint density at radius 1 is 1.23 bits per heavy atom. The lowest BCUT2D eigenvalue weighted by Crippen LogP contribution is -2.37. The second-order valence-electron chi connectivity index (χ2n) is 6.97. The molecule has 0 aliphatic carbocycles. The van der Waals surface area contributed by atoms with Crippen molar-refractivity contribution in [2.45, 2.75) is 32.6 Å². The van der Waals surface area contributed by atoms with Gasteiger partial charge in [-0.3, -0.25) is 9.36 Å². The molecule has 2 amide bonds. The third-order valence-electron chi connectivity index (χ3n) is 5.00. The molecular formula is C21H20ClF3N4O2. The van der Waals surface area contributed by atoms with Gasteiger partial charge in [0, 0.05) is 24.3 Å². The van der Waals surface area contributed by atoms with Crippen LogP contribution in [0, 0.1) is 0 Å². The Kier molecular flexibility index (Phi) is 6.26. The highest BCUT2D eigenvalue weighted by molar-refractivity contribution is 6.31. The first kappa shape index (κ1) is 22.6. The topological polar surface area (TPSA) is 67.2 Å². The number of anilines is 1. The molecule has 0 aliphatic rings. The number of amides is 2. The predicted molar refractivity (Wildman–Crippen MR) is 113 cm³/mol. The van der Waals surface area contributed by atoms with Crippen LogP contribution in [-0.4, -0.2) is 27.5 Å². The Hall–Kier alpha value is -3.07. The zero-order valence-electron chi connectivity index (χ0n) is 17.0. The van der Waals surface area contributed by atoms with Crippen molar-refractivity contribution < 1.29 is 18.0 Å². The van der Waals surface area contributed by atoms with Crippen molar-refractivity contribution >= 4 is 34.2 Å². The van der Waals surface area contributed by atoms with Crippen molar-refractivity contribution in [3.63, 3.8) is 0 Å². The second-order valence-corrected chi connectivity index (χ2v) is 7.41. The monoisotopic (exact) mass is 452 g/mol. The summed E-state index contributed by atoms with van der Waals surface area (Å²) in [5, 5.41) is 3.35. The first-order chi connectivity index (χ1) is 14.5. The molecule has 0 bridgehead atoms. The minimum Gasteiger partial charge on any atom is -0.318 e. The van der Waals surface area contributed by atoms with Gasteiger partial charge in [-0.25, -0.2) is 9.78 Å². The molecule has 3 aromatic rings. The maximum absolute atomic E-state index is 12.9. The minimum absolute atomic E-state index is 0.214. The number of urea groups is 1. The Labute approximate surface area is 181 Å². The van der Waals surface area contributed by atoms with Crippen molar-refractivity contribution in [2.24, 2.45) is 0 Å². The molecule has 2 aromatic carbocycles. The van der Waals surface area contributed by atoms with Gasteiger partial charge in [-0.05, 0) is 56.3 Å². The molecule has 0 saturated heterocycles. The summed E-state index contributed by atoms with van der Waals surface area (Å²) in [6, 6.07) is 7.81. The molecule has 3 rings (SSSR count). The molecular weight excluding hydrogens is 433 g/mol. The third kappa shape index (κ3) is 4.66. The molecule has 6 nitrogen and oxygen atoms in total. The van der Waals surface area contributed by atoms with Gasteiger partial charge in [-0.2, -0.15) is 13.2 Å². The van der Waals surface area contributed by atoms with Crippen LogP contribution < -0.4 is 10.9 Å². The number of rotatable bonds is 4. The van der Waals surface area contributed by atoms with Crippen molar-refractivity contribution in [3.05, 3.63) is 69.2 Å². The van der Waals surface area contributed by atoms with Crippen molar-refractivity contribution in [1.82, 2.24) is 14.5 Å². The predicted octanol–water partition coefficient (Wildman–Crippen LogP) is 5.31. The lowest BCUT2D eigenvalue weighted by Gasteiger charge is -2.27. The highest BCUT2D eigenvalue weighted by Gasteiger charge is 2.30. The molecule has 1 N–H and O–H groups in total. The van der Waals surface area contributed by atoms with E-state index in [1.54, 1.807) is 32.0 Å². The standard InChI is InChI=1S/C21H20ClF3N4O2/c1-4-29-18(27-17-10-7-14(22)11-16(17)19(29)30)12(2)28(3)20(31)26-15-8-5-13(6-9-15)21(23,24)25/h5-12H,4H2,1-3H3,(H,26,31). The van der Waals surface area contributed by atoms with Gasteiger partial charge in [0.1, 0.15) is 5.82 Å². The number of benzene rings is 2. The fourth-order valence-electron chi connectivity index (χ4n) is 3.14. The van der Waals surface area contributed by atoms with Gasteiger partial charge in [-0.1, -0.05) is 11.6 Å². The van der Waals surface area contributed by atoms with E-state index in [2.05, 4.69) is 10.3 Å². The van der Waals surface area contributed by atoms with E-state index < -0.39 is 23.8 Å². The quantitative estimate of drug-likeness (QED) is 0.583. The summed E-state index contributed by atoms with van der Waals surface area (Å²) in [7, 11) is 1.52. The van der Waals surface area contributed by atoms with E-state index in [1.807, 2.05) is 0 Å². The molecule has 0 radical (unpaired) electrons. The van der Waals surface area contributed by atoms with Crippen LogP contribution in [0.1, 0.15) is 31.3 Å². The van der Waals surface area contributed by atoms with E-state index in [1.165, 1.54) is 28.6 Å². The summed E-state index contributed by atoms with van der Waals surface area (Å²) < 4.78 is 39.6. The van der Waals surface area contributed by atoms with Crippen LogP contribution in [0.4, 0.5) is 23.7 Å². The number of aromatic nitrogens is 2. The fraction of sp³-hybridized carbons (Fsp3) is 0.286. The van der Waals surface area contributed by atoms with E-state index in [0.717, 1.165) is 12.1 Å². The van der Waals surface area contributed by atoms with Gasteiger partial charge in [0.2, 0.25) is 0 Å². The summed E-state index contributed by atoms with van der Waals surface area (Å²) in [5.41, 5.74) is -0.406. The fourth-order valence-corrected chi connectivity index (χ4v) is 3.31. The van der Waals surface area contributed by atoms with Gasteiger partial charge in [0.25, 0.3) is 5.56 Å². The first-order valence-electron chi connectivity index (χ1n) is 9.44. The molecule has 0 fully saturated rings. The van der Waals surface area contributed by atoms with Gasteiger partial charge in [0.15, 0.2) is 0 Å². The Bertz CT molecular complexity index is 1180. The Morgan fingerprint density at radius 2 is 1.87 bits per heavy atom. The van der Waals surface area contributed by atoms with E-state index in [9.17, 15) is 22.8 Å². The highest BCUT2D eigenvalue weighted by Crippen LogP contribution is 2.30. The van der Waals surface area contributed by atoms with Crippen LogP contribution in [0.5, 0.6) is 0 Å². The van der Waals surface area contributed by atoms with Crippen molar-refractivity contribution in [1.29, 1.82) is 0 Å². The average molecular weight is 453 g/mol. The van der Waals surface area contributed by atoms with E-state index in [4.69, 9.17) is 11.6 Å². The van der Waals surface area contributed by atoms with Crippen LogP contribution in [-0.2, 0) is 12.7 Å². The number of halogens is 4. The van der Waals surface area contributed by atoms with E-state index >= 15 is 0 Å². The largest absolute Gasteiger partial charge is 0.416 e. The summed E-state index contributed by atoms with van der Waals surface area (Å²) in [5.74, 6) is 0.382. The van der Waals surface area contributed by atoms with Gasteiger partial charge in [0.05, 0.1) is 22.5 Å². The lowest BCUT2D eigenvalue weighted by atomic mass is 10.2. The molecule has 1 unspecified atom stereocenters. The van der Waals surface area contributed by atoms with E-state index in [-0.39, 0.29) is 11.2 Å². The zero-order chi connectivity index (χ0) is 22.9. The number of alkyl halides is 3. The van der Waals surface area contributed by atoms with Crippen molar-refractivity contribution in [2.75, 3.05) is 12.4 Å². The third-order valence-corrected chi connectivity index (χ3v) is 5.24. The maximum atomic E-state index is 12.9. The normalized spacial score (nSPS) is 12.6. The Morgan fingerprint density at radius 3 is 2.45 bits per heavy atom. The summed E-state index contributed by atoms with van der Waals surface area (Å²) >= 11 is 5.99. The molecule has 0 spiro atoms. The molecule has 0 aliphatic heterocycles. The SMILES string of the molecule is CCn1c(C(C)N(C)C(=O)Nc2ccc(C(F)(F)F)cc2)nc2ccc(Cl)cc2c1=O. The van der Waals surface area contributed by atoms with Crippen LogP contribution in [0.15, 0.2) is 47.3 Å². The minimum atomic E-state index is -4.45. The molecule has 0 saturated carbocycles. The number of fused-ring (bicyclic) bond motifs is 1. The highest BCUT2D eigenvalue weighted by atomic mass is 35.5.